The lowest BCUT2D eigenvalue weighted by Crippen LogP contribution is -1.96. The molecule has 0 unspecified atom stereocenters. The monoisotopic (exact) mass is 356 g/mol. The van der Waals surface area contributed by atoms with E-state index < -0.39 is 0 Å². The van der Waals surface area contributed by atoms with Crippen LogP contribution in [0.5, 0.6) is 5.75 Å². The van der Waals surface area contributed by atoms with E-state index in [0.717, 1.165) is 46.7 Å². The summed E-state index contributed by atoms with van der Waals surface area (Å²) in [5, 5.41) is 2.09. The van der Waals surface area contributed by atoms with Crippen molar-refractivity contribution in [1.82, 2.24) is 9.97 Å². The highest BCUT2D eigenvalue weighted by atomic mass is 16.5. The van der Waals surface area contributed by atoms with Crippen molar-refractivity contribution in [2.75, 3.05) is 7.11 Å². The van der Waals surface area contributed by atoms with Gasteiger partial charge in [0, 0.05) is 22.5 Å². The van der Waals surface area contributed by atoms with Gasteiger partial charge in [-0.15, -0.1) is 0 Å². The molecule has 0 radical (unpaired) electrons. The number of hydrogen-bond acceptors (Lipinski definition) is 4. The van der Waals surface area contributed by atoms with E-state index in [-0.39, 0.29) is 0 Å². The van der Waals surface area contributed by atoms with Crippen molar-refractivity contribution in [3.63, 3.8) is 0 Å². The smallest absolute Gasteiger partial charge is 0.150 e. The molecule has 0 saturated heterocycles. The molecular formula is C23H20N2O2. The molecule has 4 nitrogen and oxygen atoms in total. The summed E-state index contributed by atoms with van der Waals surface area (Å²) in [5.41, 5.74) is 6.05. The fourth-order valence-corrected chi connectivity index (χ4v) is 3.42. The van der Waals surface area contributed by atoms with Crippen LogP contribution in [0.2, 0.25) is 0 Å². The predicted molar refractivity (Wildman–Crippen MR) is 108 cm³/mol. The number of aryl methyl sites for hydroxylation is 3. The van der Waals surface area contributed by atoms with Crippen molar-refractivity contribution in [3.8, 4) is 5.75 Å². The van der Waals surface area contributed by atoms with Gasteiger partial charge < -0.3 is 4.74 Å². The maximum absolute atomic E-state index is 11.0. The van der Waals surface area contributed by atoms with E-state index in [1.165, 1.54) is 16.7 Å². The van der Waals surface area contributed by atoms with E-state index in [1.807, 2.05) is 30.5 Å². The summed E-state index contributed by atoms with van der Waals surface area (Å²) in [5.74, 6) is 0.886. The Hall–Kier alpha value is -3.27. The van der Waals surface area contributed by atoms with Gasteiger partial charge in [0.15, 0.2) is 0 Å². The Kier molecular flexibility index (Phi) is 4.55. The molecule has 0 saturated carbocycles. The van der Waals surface area contributed by atoms with Crippen molar-refractivity contribution < 1.29 is 9.53 Å². The predicted octanol–water partition coefficient (Wildman–Crippen LogP) is 4.70. The van der Waals surface area contributed by atoms with Gasteiger partial charge in [0.05, 0.1) is 24.3 Å². The Morgan fingerprint density at radius 1 is 0.926 bits per heavy atom. The van der Waals surface area contributed by atoms with Crippen molar-refractivity contribution >= 4 is 28.1 Å². The summed E-state index contributed by atoms with van der Waals surface area (Å²) in [6.07, 6.45) is 6.39. The van der Waals surface area contributed by atoms with E-state index in [0.29, 0.717) is 5.56 Å². The molecule has 2 aromatic carbocycles. The van der Waals surface area contributed by atoms with Crippen LogP contribution in [0.15, 0.2) is 54.9 Å². The summed E-state index contributed by atoms with van der Waals surface area (Å²) < 4.78 is 5.28. The number of carbonyl (C=O) groups excluding carboxylic acids is 1. The number of carbonyl (C=O) groups is 1. The van der Waals surface area contributed by atoms with Gasteiger partial charge in [-0.25, -0.2) is 0 Å². The van der Waals surface area contributed by atoms with Crippen LogP contribution >= 0.6 is 0 Å². The van der Waals surface area contributed by atoms with Crippen LogP contribution in [0.25, 0.3) is 21.8 Å². The normalized spacial score (nSPS) is 11.0. The topological polar surface area (TPSA) is 52.1 Å². The molecule has 4 aromatic rings. The summed E-state index contributed by atoms with van der Waals surface area (Å²) in [4.78, 5) is 20.0. The molecule has 0 amide bonds. The second kappa shape index (κ2) is 7.16. The third-order valence-electron chi connectivity index (χ3n) is 4.98. The zero-order valence-electron chi connectivity index (χ0n) is 15.4. The van der Waals surface area contributed by atoms with E-state index >= 15 is 0 Å². The van der Waals surface area contributed by atoms with Crippen LogP contribution in [0.3, 0.4) is 0 Å². The Morgan fingerprint density at radius 3 is 2.56 bits per heavy atom. The Morgan fingerprint density at radius 2 is 1.78 bits per heavy atom. The molecule has 0 spiro atoms. The SMILES string of the molecule is COc1ccc(CCc2cnc3cnc4cc(C=O)ccc4c3c2)c(C)c1. The summed E-state index contributed by atoms with van der Waals surface area (Å²) >= 11 is 0. The Bertz CT molecular complexity index is 1150. The molecule has 0 aliphatic carbocycles. The number of hydrogen-bond donors (Lipinski definition) is 0. The molecule has 0 atom stereocenters. The zero-order chi connectivity index (χ0) is 18.8. The van der Waals surface area contributed by atoms with Crippen LogP contribution in [0, 0.1) is 6.92 Å². The van der Waals surface area contributed by atoms with Gasteiger partial charge in [-0.1, -0.05) is 18.2 Å². The first kappa shape index (κ1) is 17.2. The molecule has 2 heterocycles. The average Bonchev–Trinajstić information content (AvgIpc) is 2.72. The fourth-order valence-electron chi connectivity index (χ4n) is 3.42. The zero-order valence-corrected chi connectivity index (χ0v) is 15.4. The summed E-state index contributed by atoms with van der Waals surface area (Å²) in [6.45, 7) is 2.11. The maximum atomic E-state index is 11.0. The lowest BCUT2D eigenvalue weighted by molar-refractivity contribution is 0.112. The van der Waals surface area contributed by atoms with Gasteiger partial charge in [-0.2, -0.15) is 0 Å². The molecular weight excluding hydrogens is 336 g/mol. The molecule has 4 rings (SSSR count). The lowest BCUT2D eigenvalue weighted by Gasteiger charge is -2.09. The molecule has 0 N–H and O–H groups in total. The van der Waals surface area contributed by atoms with Crippen molar-refractivity contribution in [1.29, 1.82) is 0 Å². The number of fused-ring (bicyclic) bond motifs is 3. The van der Waals surface area contributed by atoms with Crippen LogP contribution in [0.4, 0.5) is 0 Å². The third kappa shape index (κ3) is 3.38. The van der Waals surface area contributed by atoms with Gasteiger partial charge >= 0.3 is 0 Å². The second-order valence-electron chi connectivity index (χ2n) is 6.72. The first-order valence-corrected chi connectivity index (χ1v) is 8.94. The number of methoxy groups -OCH3 is 1. The Labute approximate surface area is 157 Å². The van der Waals surface area contributed by atoms with Crippen molar-refractivity contribution in [3.05, 3.63) is 77.1 Å². The van der Waals surface area contributed by atoms with Gasteiger partial charge in [0.25, 0.3) is 0 Å². The minimum absolute atomic E-state index is 0.633. The van der Waals surface area contributed by atoms with Crippen LogP contribution in [-0.4, -0.2) is 23.4 Å². The molecule has 2 aromatic heterocycles. The van der Waals surface area contributed by atoms with E-state index in [4.69, 9.17) is 4.74 Å². The largest absolute Gasteiger partial charge is 0.497 e. The number of ether oxygens (including phenoxy) is 1. The highest BCUT2D eigenvalue weighted by Gasteiger charge is 2.07. The summed E-state index contributed by atoms with van der Waals surface area (Å²) in [6, 6.07) is 14.0. The minimum atomic E-state index is 0.633. The number of aromatic nitrogens is 2. The highest BCUT2D eigenvalue weighted by molar-refractivity contribution is 6.05. The first-order valence-electron chi connectivity index (χ1n) is 8.94. The van der Waals surface area contributed by atoms with Crippen LogP contribution in [-0.2, 0) is 12.8 Å². The lowest BCUT2D eigenvalue weighted by atomic mass is 9.99. The second-order valence-corrected chi connectivity index (χ2v) is 6.72. The minimum Gasteiger partial charge on any atom is -0.497 e. The molecule has 0 fully saturated rings. The number of aldehydes is 1. The number of pyridine rings is 2. The van der Waals surface area contributed by atoms with Crippen LogP contribution in [0.1, 0.15) is 27.0 Å². The number of nitrogens with zero attached hydrogens (tertiary/aromatic N) is 2. The molecule has 27 heavy (non-hydrogen) atoms. The Balaban J connectivity index is 1.66. The highest BCUT2D eigenvalue weighted by Crippen LogP contribution is 2.25. The molecule has 134 valence electrons. The van der Waals surface area contributed by atoms with Gasteiger partial charge in [-0.3, -0.25) is 14.8 Å². The standard InChI is InChI=1S/C23H20N2O2/c1-15-9-19(27-2)7-6-18(15)5-3-16-10-21-20-8-4-17(14-26)11-22(20)25-13-23(21)24-12-16/h4,6-14H,3,5H2,1-2H3. The fraction of sp³-hybridized carbons (Fsp3) is 0.174. The van der Waals surface area contributed by atoms with E-state index in [1.54, 1.807) is 13.3 Å². The summed E-state index contributed by atoms with van der Waals surface area (Å²) in [7, 11) is 1.69. The number of rotatable bonds is 5. The van der Waals surface area contributed by atoms with E-state index in [9.17, 15) is 4.79 Å². The van der Waals surface area contributed by atoms with Gasteiger partial charge in [0.2, 0.25) is 0 Å². The van der Waals surface area contributed by atoms with Crippen molar-refractivity contribution in [2.45, 2.75) is 19.8 Å². The molecule has 0 aliphatic heterocycles. The maximum Gasteiger partial charge on any atom is 0.150 e. The van der Waals surface area contributed by atoms with E-state index in [2.05, 4.69) is 35.1 Å². The number of benzene rings is 2. The van der Waals surface area contributed by atoms with Crippen molar-refractivity contribution in [2.24, 2.45) is 0 Å². The van der Waals surface area contributed by atoms with Gasteiger partial charge in [-0.05, 0) is 60.7 Å². The third-order valence-corrected chi connectivity index (χ3v) is 4.98. The molecule has 4 heteroatoms. The quantitative estimate of drug-likeness (QED) is 0.384. The molecule has 0 aliphatic rings. The van der Waals surface area contributed by atoms with Crippen LogP contribution < -0.4 is 4.74 Å². The van der Waals surface area contributed by atoms with Gasteiger partial charge in [0.1, 0.15) is 12.0 Å². The molecule has 0 bridgehead atoms. The first-order chi connectivity index (χ1) is 13.2. The average molecular weight is 356 g/mol.